The van der Waals surface area contributed by atoms with Crippen molar-refractivity contribution in [3.63, 3.8) is 0 Å². The van der Waals surface area contributed by atoms with E-state index < -0.39 is 12.0 Å². The van der Waals surface area contributed by atoms with E-state index in [2.05, 4.69) is 17.9 Å². The van der Waals surface area contributed by atoms with Crippen molar-refractivity contribution in [3.8, 4) is 0 Å². The first kappa shape index (κ1) is 13.3. The van der Waals surface area contributed by atoms with Crippen LogP contribution in [0.1, 0.15) is 6.92 Å². The molecule has 0 aromatic heterocycles. The lowest BCUT2D eigenvalue weighted by molar-refractivity contribution is -0.150. The van der Waals surface area contributed by atoms with Gasteiger partial charge in [0.1, 0.15) is 17.1 Å². The summed E-state index contributed by atoms with van der Waals surface area (Å²) in [5.41, 5.74) is 0.641. The minimum absolute atomic E-state index is 0.0142. The third-order valence-corrected chi connectivity index (χ3v) is 4.52. The van der Waals surface area contributed by atoms with Gasteiger partial charge in [0.05, 0.1) is 0 Å². The number of hydrogen-bond donors (Lipinski definition) is 3. The summed E-state index contributed by atoms with van der Waals surface area (Å²) < 4.78 is 0. The van der Waals surface area contributed by atoms with Crippen molar-refractivity contribution >= 4 is 42.2 Å². The van der Waals surface area contributed by atoms with Crippen molar-refractivity contribution in [3.05, 3.63) is 11.3 Å². The number of hydrogen-bond acceptors (Lipinski definition) is 5. The number of carboxylic acid groups (broad SMARTS) is 1. The Morgan fingerprint density at radius 3 is 2.78 bits per heavy atom. The van der Waals surface area contributed by atoms with Crippen LogP contribution in [0.5, 0.6) is 0 Å². The van der Waals surface area contributed by atoms with Crippen molar-refractivity contribution < 1.29 is 19.5 Å². The summed E-state index contributed by atoms with van der Waals surface area (Å²) in [6, 6.07) is -0.622. The summed E-state index contributed by atoms with van der Waals surface area (Å²) in [5, 5.41) is 11.4. The van der Waals surface area contributed by atoms with Gasteiger partial charge >= 0.3 is 5.97 Å². The van der Waals surface area contributed by atoms with E-state index in [1.54, 1.807) is 0 Å². The number of amides is 2. The summed E-state index contributed by atoms with van der Waals surface area (Å²) in [5.74, 6) is -0.987. The molecule has 2 amide bonds. The van der Waals surface area contributed by atoms with Crippen molar-refractivity contribution in [1.82, 2.24) is 10.2 Å². The fourth-order valence-electron chi connectivity index (χ4n) is 2.02. The number of carbonyl (C=O) groups is 3. The molecule has 1 saturated heterocycles. The normalized spacial score (nSPS) is 26.6. The van der Waals surface area contributed by atoms with Crippen molar-refractivity contribution in [2.24, 2.45) is 0 Å². The van der Waals surface area contributed by atoms with Crippen molar-refractivity contribution in [2.75, 3.05) is 11.5 Å². The Morgan fingerprint density at radius 2 is 2.28 bits per heavy atom. The van der Waals surface area contributed by atoms with Crippen LogP contribution in [0.25, 0.3) is 0 Å². The summed E-state index contributed by atoms with van der Waals surface area (Å²) >= 11 is 5.52. The molecular formula is C10H12N2O4S2. The van der Waals surface area contributed by atoms with Gasteiger partial charge in [-0.25, -0.2) is 4.79 Å². The molecule has 6 nitrogen and oxygen atoms in total. The Kier molecular flexibility index (Phi) is 3.58. The Bertz CT molecular complexity index is 463. The predicted molar refractivity (Wildman–Crippen MR) is 69.2 cm³/mol. The van der Waals surface area contributed by atoms with Crippen LogP contribution in [-0.4, -0.2) is 50.7 Å². The second-order valence-corrected chi connectivity index (χ2v) is 5.42. The number of aliphatic carboxylic acids is 1. The first-order valence-electron chi connectivity index (χ1n) is 5.25. The molecule has 1 fully saturated rings. The molecule has 18 heavy (non-hydrogen) atoms. The highest BCUT2D eigenvalue weighted by molar-refractivity contribution is 8.00. The van der Waals surface area contributed by atoms with Gasteiger partial charge in [-0.05, 0) is 5.57 Å². The summed E-state index contributed by atoms with van der Waals surface area (Å²) in [6.45, 7) is 1.33. The van der Waals surface area contributed by atoms with E-state index >= 15 is 0 Å². The average Bonchev–Trinajstić information content (AvgIpc) is 2.33. The zero-order chi connectivity index (χ0) is 13.4. The maximum Gasteiger partial charge on any atom is 0.352 e. The van der Waals surface area contributed by atoms with Gasteiger partial charge in [0.15, 0.2) is 0 Å². The van der Waals surface area contributed by atoms with Gasteiger partial charge in [0.2, 0.25) is 5.91 Å². The van der Waals surface area contributed by atoms with E-state index in [1.807, 2.05) is 0 Å². The molecule has 2 aliphatic heterocycles. The third-order valence-electron chi connectivity index (χ3n) is 2.80. The van der Waals surface area contributed by atoms with Gasteiger partial charge in [-0.1, -0.05) is 0 Å². The molecule has 0 spiro atoms. The molecular weight excluding hydrogens is 276 g/mol. The molecule has 2 atom stereocenters. The first-order chi connectivity index (χ1) is 8.47. The zero-order valence-electron chi connectivity index (χ0n) is 9.54. The number of β-lactam (4-membered cyclic amide) rings is 1. The highest BCUT2D eigenvalue weighted by atomic mass is 32.2. The number of fused-ring (bicyclic) bond motifs is 1. The highest BCUT2D eigenvalue weighted by Crippen LogP contribution is 2.40. The van der Waals surface area contributed by atoms with Crippen LogP contribution in [0.2, 0.25) is 0 Å². The molecule has 0 radical (unpaired) electrons. The van der Waals surface area contributed by atoms with Crippen molar-refractivity contribution in [2.45, 2.75) is 18.3 Å². The molecule has 0 aliphatic carbocycles. The molecule has 98 valence electrons. The van der Waals surface area contributed by atoms with Crippen LogP contribution in [-0.2, 0) is 14.4 Å². The van der Waals surface area contributed by atoms with E-state index in [0.717, 1.165) is 0 Å². The Balaban J connectivity index is 2.26. The molecule has 8 heteroatoms. The monoisotopic (exact) mass is 288 g/mol. The molecule has 2 rings (SSSR count). The Morgan fingerprint density at radius 1 is 1.61 bits per heavy atom. The molecule has 0 saturated carbocycles. The molecule has 2 heterocycles. The van der Waals surface area contributed by atoms with Gasteiger partial charge in [0, 0.05) is 18.4 Å². The largest absolute Gasteiger partial charge is 0.477 e. The number of nitrogens with zero attached hydrogens (tertiary/aromatic N) is 1. The van der Waals surface area contributed by atoms with Crippen molar-refractivity contribution in [1.29, 1.82) is 0 Å². The molecule has 2 aliphatic rings. The lowest BCUT2D eigenvalue weighted by Crippen LogP contribution is -2.70. The SMILES string of the molecule is CC(=O)NC1C(=O)N2C(C(=O)O)=C(CS)CSC12. The fraction of sp³-hybridized carbons (Fsp3) is 0.500. The predicted octanol–water partition coefficient (Wildman–Crippen LogP) is -0.325. The minimum Gasteiger partial charge on any atom is -0.477 e. The van der Waals surface area contributed by atoms with Crippen LogP contribution in [0.3, 0.4) is 0 Å². The molecule has 0 aromatic rings. The second kappa shape index (κ2) is 4.85. The third kappa shape index (κ3) is 1.99. The number of thiol groups is 1. The standard InChI is InChI=1S/C10H12N2O4S2/c1-4(13)11-6-8(14)12-7(10(15)16)5(2-17)3-18-9(6)12/h6,9,17H,2-3H2,1H3,(H,11,13)(H,15,16). The van der Waals surface area contributed by atoms with E-state index in [9.17, 15) is 14.4 Å². The van der Waals surface area contributed by atoms with Crippen LogP contribution in [0, 0.1) is 0 Å². The van der Waals surface area contributed by atoms with E-state index in [-0.39, 0.29) is 22.9 Å². The van der Waals surface area contributed by atoms with Gasteiger partial charge in [0.25, 0.3) is 5.91 Å². The maximum absolute atomic E-state index is 11.9. The number of carboxylic acids is 1. The van der Waals surface area contributed by atoms with Crippen LogP contribution in [0.15, 0.2) is 11.3 Å². The lowest BCUT2D eigenvalue weighted by Gasteiger charge is -2.49. The van der Waals surface area contributed by atoms with Gasteiger partial charge in [-0.15, -0.1) is 11.8 Å². The van der Waals surface area contributed by atoms with Gasteiger partial charge < -0.3 is 10.4 Å². The molecule has 2 unspecified atom stereocenters. The van der Waals surface area contributed by atoms with Crippen LogP contribution in [0.4, 0.5) is 0 Å². The Labute approximate surface area is 113 Å². The van der Waals surface area contributed by atoms with Gasteiger partial charge in [-0.2, -0.15) is 12.6 Å². The quantitative estimate of drug-likeness (QED) is 0.489. The Hall–Kier alpha value is -1.15. The lowest BCUT2D eigenvalue weighted by atomic mass is 10.0. The number of nitrogens with one attached hydrogen (secondary N) is 1. The first-order valence-corrected chi connectivity index (χ1v) is 6.93. The topological polar surface area (TPSA) is 86.7 Å². The maximum atomic E-state index is 11.9. The summed E-state index contributed by atoms with van der Waals surface area (Å²) in [4.78, 5) is 35.3. The van der Waals surface area contributed by atoms with E-state index in [1.165, 1.54) is 23.6 Å². The summed E-state index contributed by atoms with van der Waals surface area (Å²) in [7, 11) is 0. The number of rotatable bonds is 3. The highest BCUT2D eigenvalue weighted by Gasteiger charge is 2.53. The van der Waals surface area contributed by atoms with E-state index in [0.29, 0.717) is 17.1 Å². The molecule has 2 N–H and O–H groups in total. The van der Waals surface area contributed by atoms with Crippen LogP contribution >= 0.6 is 24.4 Å². The van der Waals surface area contributed by atoms with Gasteiger partial charge in [-0.3, -0.25) is 14.5 Å². The number of carbonyl (C=O) groups excluding carboxylic acids is 2. The second-order valence-electron chi connectivity index (χ2n) is 4.00. The average molecular weight is 288 g/mol. The summed E-state index contributed by atoms with van der Waals surface area (Å²) in [6.07, 6.45) is 0. The minimum atomic E-state index is -1.13. The van der Waals surface area contributed by atoms with E-state index in [4.69, 9.17) is 5.11 Å². The number of thioether (sulfide) groups is 1. The smallest absolute Gasteiger partial charge is 0.352 e. The fourth-order valence-corrected chi connectivity index (χ4v) is 3.78. The molecule has 0 bridgehead atoms. The zero-order valence-corrected chi connectivity index (χ0v) is 11.3. The molecule has 0 aromatic carbocycles. The van der Waals surface area contributed by atoms with Crippen LogP contribution < -0.4 is 5.32 Å².